The van der Waals surface area contributed by atoms with Gasteiger partial charge in [0.1, 0.15) is 11.4 Å². The lowest BCUT2D eigenvalue weighted by Crippen LogP contribution is -2.50. The first-order chi connectivity index (χ1) is 10.3. The molecule has 0 radical (unpaired) electrons. The van der Waals surface area contributed by atoms with Gasteiger partial charge in [0.15, 0.2) is 0 Å². The minimum Gasteiger partial charge on any atom is -0.497 e. The smallest absolute Gasteiger partial charge is 0.410 e. The number of methoxy groups -OCH3 is 1. The predicted octanol–water partition coefficient (Wildman–Crippen LogP) is 2.75. The molecule has 0 aromatic heterocycles. The van der Waals surface area contributed by atoms with Crippen molar-refractivity contribution in [2.75, 3.05) is 20.2 Å². The molecule has 1 amide bonds. The first-order valence-corrected chi connectivity index (χ1v) is 7.66. The second kappa shape index (κ2) is 6.57. The van der Waals surface area contributed by atoms with Gasteiger partial charge in [-0.1, -0.05) is 12.1 Å². The summed E-state index contributed by atoms with van der Waals surface area (Å²) in [7, 11) is 1.65. The quantitative estimate of drug-likeness (QED) is 0.912. The van der Waals surface area contributed by atoms with E-state index in [4.69, 9.17) is 15.2 Å². The Morgan fingerprint density at radius 1 is 1.23 bits per heavy atom. The molecule has 0 spiro atoms. The Kier molecular flexibility index (Phi) is 4.96. The average molecular weight is 306 g/mol. The van der Waals surface area contributed by atoms with Crippen molar-refractivity contribution in [1.82, 2.24) is 4.90 Å². The molecule has 0 unspecified atom stereocenters. The summed E-state index contributed by atoms with van der Waals surface area (Å²) in [5.41, 5.74) is 6.82. The Morgan fingerprint density at radius 2 is 1.86 bits per heavy atom. The molecule has 1 heterocycles. The number of ether oxygens (including phenoxy) is 2. The van der Waals surface area contributed by atoms with Crippen molar-refractivity contribution in [3.05, 3.63) is 29.8 Å². The summed E-state index contributed by atoms with van der Waals surface area (Å²) in [4.78, 5) is 14.0. The van der Waals surface area contributed by atoms with E-state index in [2.05, 4.69) is 0 Å². The topological polar surface area (TPSA) is 64.8 Å². The molecular formula is C17H26N2O3. The maximum absolute atomic E-state index is 12.3. The zero-order chi connectivity index (χ0) is 16.3. The molecule has 1 fully saturated rings. The lowest BCUT2D eigenvalue weighted by molar-refractivity contribution is 0.0180. The highest BCUT2D eigenvalue weighted by Gasteiger charge is 2.31. The summed E-state index contributed by atoms with van der Waals surface area (Å²) >= 11 is 0. The van der Waals surface area contributed by atoms with Crippen LogP contribution in [-0.2, 0) is 4.74 Å². The van der Waals surface area contributed by atoms with Gasteiger partial charge in [0, 0.05) is 25.0 Å². The number of likely N-dealkylation sites (tertiary alicyclic amines) is 1. The molecule has 1 aliphatic rings. The summed E-state index contributed by atoms with van der Waals surface area (Å²) in [5.74, 6) is 1.05. The molecule has 122 valence electrons. The number of hydrogen-bond acceptors (Lipinski definition) is 4. The minimum absolute atomic E-state index is 0.0339. The number of carbonyl (C=O) groups is 1. The van der Waals surface area contributed by atoms with Crippen molar-refractivity contribution in [3.63, 3.8) is 0 Å². The van der Waals surface area contributed by atoms with Gasteiger partial charge in [-0.15, -0.1) is 0 Å². The molecule has 0 saturated carbocycles. The normalized spacial score (nSPS) is 22.3. The van der Waals surface area contributed by atoms with Crippen LogP contribution in [0.5, 0.6) is 5.75 Å². The molecule has 2 rings (SSSR count). The van der Waals surface area contributed by atoms with Gasteiger partial charge in [0.05, 0.1) is 7.11 Å². The van der Waals surface area contributed by atoms with E-state index in [-0.39, 0.29) is 18.1 Å². The number of benzene rings is 1. The zero-order valence-electron chi connectivity index (χ0n) is 13.8. The molecule has 0 aliphatic carbocycles. The molecular weight excluding hydrogens is 280 g/mol. The second-order valence-electron chi connectivity index (χ2n) is 6.85. The van der Waals surface area contributed by atoms with E-state index >= 15 is 0 Å². The van der Waals surface area contributed by atoms with Crippen LogP contribution < -0.4 is 10.5 Å². The molecule has 0 bridgehead atoms. The van der Waals surface area contributed by atoms with E-state index in [9.17, 15) is 4.79 Å². The van der Waals surface area contributed by atoms with E-state index in [1.165, 1.54) is 5.56 Å². The van der Waals surface area contributed by atoms with Crippen molar-refractivity contribution in [2.24, 2.45) is 5.73 Å². The Bertz CT molecular complexity index is 508. The fraction of sp³-hybridized carbons (Fsp3) is 0.588. The fourth-order valence-electron chi connectivity index (χ4n) is 2.73. The van der Waals surface area contributed by atoms with Crippen LogP contribution in [0.1, 0.15) is 38.7 Å². The standard InChI is InChI=1S/C17H26N2O3/c1-17(2,3)22-16(20)19-10-13(9-14(18)11-19)12-5-7-15(21-4)8-6-12/h5-8,13-14H,9-11,18H2,1-4H3/t13-,14+/m0/s1. The molecule has 1 aromatic rings. The highest BCUT2D eigenvalue weighted by molar-refractivity contribution is 5.68. The third-order valence-electron chi connectivity index (χ3n) is 3.72. The molecule has 5 heteroatoms. The molecule has 2 atom stereocenters. The van der Waals surface area contributed by atoms with E-state index in [0.717, 1.165) is 12.2 Å². The summed E-state index contributed by atoms with van der Waals surface area (Å²) in [6, 6.07) is 7.91. The van der Waals surface area contributed by atoms with Crippen LogP contribution in [0, 0.1) is 0 Å². The first kappa shape index (κ1) is 16.6. The lowest BCUT2D eigenvalue weighted by Gasteiger charge is -2.37. The van der Waals surface area contributed by atoms with Crippen LogP contribution in [0.4, 0.5) is 4.79 Å². The van der Waals surface area contributed by atoms with E-state index < -0.39 is 5.60 Å². The average Bonchev–Trinajstić information content (AvgIpc) is 2.45. The molecule has 1 saturated heterocycles. The van der Waals surface area contributed by atoms with Crippen molar-refractivity contribution < 1.29 is 14.3 Å². The highest BCUT2D eigenvalue weighted by Crippen LogP contribution is 2.28. The van der Waals surface area contributed by atoms with Gasteiger partial charge in [0.25, 0.3) is 0 Å². The summed E-state index contributed by atoms with van der Waals surface area (Å²) in [5, 5.41) is 0. The summed E-state index contributed by atoms with van der Waals surface area (Å²) in [6.07, 6.45) is 0.576. The number of piperidine rings is 1. The maximum Gasteiger partial charge on any atom is 0.410 e. The minimum atomic E-state index is -0.492. The van der Waals surface area contributed by atoms with Gasteiger partial charge in [-0.25, -0.2) is 4.79 Å². The number of hydrogen-bond donors (Lipinski definition) is 1. The molecule has 2 N–H and O–H groups in total. The molecule has 1 aliphatic heterocycles. The first-order valence-electron chi connectivity index (χ1n) is 7.66. The van der Waals surface area contributed by atoms with Crippen LogP contribution in [0.2, 0.25) is 0 Å². The Hall–Kier alpha value is -1.75. The third-order valence-corrected chi connectivity index (χ3v) is 3.72. The Labute approximate surface area is 132 Å². The number of nitrogens with zero attached hydrogens (tertiary/aromatic N) is 1. The van der Waals surface area contributed by atoms with Crippen LogP contribution >= 0.6 is 0 Å². The molecule has 1 aromatic carbocycles. The maximum atomic E-state index is 12.3. The molecule has 5 nitrogen and oxygen atoms in total. The fourth-order valence-corrected chi connectivity index (χ4v) is 2.73. The van der Waals surface area contributed by atoms with Crippen molar-refractivity contribution in [1.29, 1.82) is 0 Å². The van der Waals surface area contributed by atoms with Crippen molar-refractivity contribution in [3.8, 4) is 5.75 Å². The van der Waals surface area contributed by atoms with E-state index in [1.54, 1.807) is 12.0 Å². The van der Waals surface area contributed by atoms with Gasteiger partial charge in [-0.3, -0.25) is 0 Å². The largest absolute Gasteiger partial charge is 0.497 e. The van der Waals surface area contributed by atoms with Gasteiger partial charge in [0.2, 0.25) is 0 Å². The van der Waals surface area contributed by atoms with Crippen LogP contribution in [0.15, 0.2) is 24.3 Å². The predicted molar refractivity (Wildman–Crippen MR) is 86.1 cm³/mol. The van der Waals surface area contributed by atoms with Gasteiger partial charge in [-0.2, -0.15) is 0 Å². The van der Waals surface area contributed by atoms with Crippen LogP contribution in [0.3, 0.4) is 0 Å². The number of carbonyl (C=O) groups excluding carboxylic acids is 1. The Balaban J connectivity index is 2.08. The van der Waals surface area contributed by atoms with E-state index in [0.29, 0.717) is 13.1 Å². The Morgan fingerprint density at radius 3 is 2.41 bits per heavy atom. The monoisotopic (exact) mass is 306 g/mol. The van der Waals surface area contributed by atoms with Gasteiger partial charge >= 0.3 is 6.09 Å². The van der Waals surface area contributed by atoms with Gasteiger partial charge < -0.3 is 20.1 Å². The SMILES string of the molecule is COc1ccc([C@H]2C[C@@H](N)CN(C(=O)OC(C)(C)C)C2)cc1. The van der Waals surface area contributed by atoms with E-state index in [1.807, 2.05) is 45.0 Å². The third kappa shape index (κ3) is 4.37. The lowest BCUT2D eigenvalue weighted by atomic mass is 9.88. The van der Waals surface area contributed by atoms with Crippen LogP contribution in [-0.4, -0.2) is 42.8 Å². The van der Waals surface area contributed by atoms with Crippen molar-refractivity contribution in [2.45, 2.75) is 44.8 Å². The number of nitrogens with two attached hydrogens (primary N) is 1. The summed E-state index contributed by atoms with van der Waals surface area (Å²) in [6.45, 7) is 6.79. The summed E-state index contributed by atoms with van der Waals surface area (Å²) < 4.78 is 10.6. The van der Waals surface area contributed by atoms with Gasteiger partial charge in [-0.05, 0) is 44.9 Å². The zero-order valence-corrected chi connectivity index (χ0v) is 13.8. The molecule has 22 heavy (non-hydrogen) atoms. The number of amides is 1. The second-order valence-corrected chi connectivity index (χ2v) is 6.85. The van der Waals surface area contributed by atoms with Crippen molar-refractivity contribution >= 4 is 6.09 Å². The van der Waals surface area contributed by atoms with Crippen LogP contribution in [0.25, 0.3) is 0 Å². The number of rotatable bonds is 2. The highest BCUT2D eigenvalue weighted by atomic mass is 16.6.